The predicted octanol–water partition coefficient (Wildman–Crippen LogP) is 2.72. The lowest BCUT2D eigenvalue weighted by atomic mass is 9.96. The fraction of sp³-hybridized carbons (Fsp3) is 0.800. The fourth-order valence-corrected chi connectivity index (χ4v) is 3.31. The van der Waals surface area contributed by atoms with Gasteiger partial charge in [-0.1, -0.05) is 19.3 Å². The van der Waals surface area contributed by atoms with Gasteiger partial charge in [0.25, 0.3) is 0 Å². The van der Waals surface area contributed by atoms with Gasteiger partial charge in [-0.3, -0.25) is 0 Å². The van der Waals surface area contributed by atoms with E-state index in [2.05, 4.69) is 26.0 Å². The summed E-state index contributed by atoms with van der Waals surface area (Å²) in [5, 5.41) is 3.64. The maximum atomic E-state index is 4.49. The van der Waals surface area contributed by atoms with Crippen molar-refractivity contribution in [1.82, 2.24) is 14.5 Å². The largest absolute Gasteiger partial charge is 0.353 e. The first-order valence-electron chi connectivity index (χ1n) is 7.92. The summed E-state index contributed by atoms with van der Waals surface area (Å²) >= 11 is 0. The van der Waals surface area contributed by atoms with E-state index in [1.807, 2.05) is 6.20 Å². The molecule has 0 atom stereocenters. The number of nitrogens with one attached hydrogen (secondary N) is 1. The first kappa shape index (κ1) is 13.0. The van der Waals surface area contributed by atoms with Crippen LogP contribution in [0, 0.1) is 0 Å². The van der Waals surface area contributed by atoms with E-state index in [9.17, 15) is 0 Å². The van der Waals surface area contributed by atoms with E-state index in [-0.39, 0.29) is 0 Å². The van der Waals surface area contributed by atoms with E-state index in [0.29, 0.717) is 6.04 Å². The minimum absolute atomic E-state index is 0.640. The zero-order chi connectivity index (χ0) is 12.9. The van der Waals surface area contributed by atoms with Crippen molar-refractivity contribution in [2.45, 2.75) is 57.5 Å². The third-order valence-corrected chi connectivity index (χ3v) is 4.51. The number of imidazole rings is 1. The average Bonchev–Trinajstić information content (AvgIpc) is 3.09. The number of rotatable bonds is 5. The topological polar surface area (TPSA) is 33.1 Å². The summed E-state index contributed by atoms with van der Waals surface area (Å²) in [5.41, 5.74) is 0. The van der Waals surface area contributed by atoms with Crippen LogP contribution >= 0.6 is 0 Å². The SMILES string of the molecule is c1cn(CCN2CCCC2)c(NC2CCCCC2)n1. The van der Waals surface area contributed by atoms with Crippen LogP contribution in [-0.2, 0) is 6.54 Å². The molecule has 19 heavy (non-hydrogen) atoms. The highest BCUT2D eigenvalue weighted by molar-refractivity contribution is 5.27. The van der Waals surface area contributed by atoms with Gasteiger partial charge in [-0.25, -0.2) is 4.98 Å². The Morgan fingerprint density at radius 2 is 1.84 bits per heavy atom. The summed E-state index contributed by atoms with van der Waals surface area (Å²) in [6, 6.07) is 0.640. The zero-order valence-electron chi connectivity index (χ0n) is 11.9. The highest BCUT2D eigenvalue weighted by Gasteiger charge is 2.16. The molecule has 3 rings (SSSR count). The van der Waals surface area contributed by atoms with Gasteiger partial charge >= 0.3 is 0 Å². The molecule has 4 nitrogen and oxygen atoms in total. The third-order valence-electron chi connectivity index (χ3n) is 4.51. The van der Waals surface area contributed by atoms with Gasteiger partial charge in [0.05, 0.1) is 0 Å². The van der Waals surface area contributed by atoms with Gasteiger partial charge in [0.2, 0.25) is 5.95 Å². The molecule has 0 aromatic carbocycles. The number of aromatic nitrogens is 2. The summed E-state index contributed by atoms with van der Waals surface area (Å²) in [7, 11) is 0. The molecule has 2 heterocycles. The maximum absolute atomic E-state index is 4.49. The van der Waals surface area contributed by atoms with Crippen LogP contribution in [0.15, 0.2) is 12.4 Å². The fourth-order valence-electron chi connectivity index (χ4n) is 3.31. The molecule has 1 aromatic rings. The molecule has 4 heteroatoms. The van der Waals surface area contributed by atoms with Gasteiger partial charge in [-0.15, -0.1) is 0 Å². The van der Waals surface area contributed by atoms with Crippen molar-refractivity contribution in [3.8, 4) is 0 Å². The monoisotopic (exact) mass is 262 g/mol. The molecule has 106 valence electrons. The Balaban J connectivity index is 1.52. The van der Waals surface area contributed by atoms with Gasteiger partial charge in [-0.05, 0) is 38.8 Å². The van der Waals surface area contributed by atoms with E-state index < -0.39 is 0 Å². The molecule has 0 spiro atoms. The third kappa shape index (κ3) is 3.50. The minimum Gasteiger partial charge on any atom is -0.353 e. The Hall–Kier alpha value is -1.03. The molecule has 2 fully saturated rings. The average molecular weight is 262 g/mol. The Morgan fingerprint density at radius 3 is 2.63 bits per heavy atom. The lowest BCUT2D eigenvalue weighted by Gasteiger charge is -2.24. The Labute approximate surface area is 116 Å². The van der Waals surface area contributed by atoms with Crippen LogP contribution < -0.4 is 5.32 Å². The summed E-state index contributed by atoms with van der Waals surface area (Å²) in [6.07, 6.45) is 13.5. The number of likely N-dealkylation sites (tertiary alicyclic amines) is 1. The molecule has 1 aromatic heterocycles. The molecule has 1 saturated carbocycles. The molecular weight excluding hydrogens is 236 g/mol. The standard InChI is InChI=1S/C15H26N4/c1-2-6-14(7-3-1)17-15-16-8-11-19(15)13-12-18-9-4-5-10-18/h8,11,14H,1-7,9-10,12-13H2,(H,16,17). The first-order valence-corrected chi connectivity index (χ1v) is 7.92. The van der Waals surface area contributed by atoms with E-state index in [1.165, 1.54) is 58.0 Å². The second kappa shape index (κ2) is 6.42. The van der Waals surface area contributed by atoms with Crippen molar-refractivity contribution in [2.75, 3.05) is 25.0 Å². The van der Waals surface area contributed by atoms with Crippen LogP contribution in [-0.4, -0.2) is 40.1 Å². The molecule has 1 aliphatic heterocycles. The van der Waals surface area contributed by atoms with Crippen LogP contribution in [0.1, 0.15) is 44.9 Å². The van der Waals surface area contributed by atoms with Crippen molar-refractivity contribution in [1.29, 1.82) is 0 Å². The van der Waals surface area contributed by atoms with Crippen molar-refractivity contribution >= 4 is 5.95 Å². The Kier molecular flexibility index (Phi) is 4.38. The van der Waals surface area contributed by atoms with Crippen molar-refractivity contribution < 1.29 is 0 Å². The molecule has 2 aliphatic rings. The molecule has 0 unspecified atom stereocenters. The van der Waals surface area contributed by atoms with Crippen molar-refractivity contribution in [3.63, 3.8) is 0 Å². The van der Waals surface area contributed by atoms with Crippen LogP contribution in [0.4, 0.5) is 5.95 Å². The summed E-state index contributed by atoms with van der Waals surface area (Å²) in [6.45, 7) is 4.78. The Bertz CT molecular complexity index is 375. The van der Waals surface area contributed by atoms with Crippen LogP contribution in [0.25, 0.3) is 0 Å². The predicted molar refractivity (Wildman–Crippen MR) is 78.4 cm³/mol. The van der Waals surface area contributed by atoms with E-state index >= 15 is 0 Å². The van der Waals surface area contributed by atoms with Gasteiger partial charge in [0, 0.05) is 31.5 Å². The van der Waals surface area contributed by atoms with E-state index in [0.717, 1.165) is 19.0 Å². The molecule has 0 bridgehead atoms. The van der Waals surface area contributed by atoms with Crippen LogP contribution in [0.2, 0.25) is 0 Å². The normalized spacial score (nSPS) is 21.9. The van der Waals surface area contributed by atoms with Gasteiger partial charge in [0.1, 0.15) is 0 Å². The quantitative estimate of drug-likeness (QED) is 0.885. The smallest absolute Gasteiger partial charge is 0.203 e. The van der Waals surface area contributed by atoms with E-state index in [4.69, 9.17) is 0 Å². The Morgan fingerprint density at radius 1 is 1.05 bits per heavy atom. The summed E-state index contributed by atoms with van der Waals surface area (Å²) in [4.78, 5) is 7.05. The lowest BCUT2D eigenvalue weighted by molar-refractivity contribution is 0.323. The van der Waals surface area contributed by atoms with Gasteiger partial charge < -0.3 is 14.8 Å². The van der Waals surface area contributed by atoms with Crippen LogP contribution in [0.5, 0.6) is 0 Å². The van der Waals surface area contributed by atoms with Gasteiger partial charge in [-0.2, -0.15) is 0 Å². The summed E-state index contributed by atoms with van der Waals surface area (Å²) < 4.78 is 2.28. The molecule has 1 aliphatic carbocycles. The highest BCUT2D eigenvalue weighted by atomic mass is 15.2. The zero-order valence-corrected chi connectivity index (χ0v) is 11.9. The van der Waals surface area contributed by atoms with Gasteiger partial charge in [0.15, 0.2) is 0 Å². The first-order chi connectivity index (χ1) is 9.42. The number of hydrogen-bond acceptors (Lipinski definition) is 3. The highest BCUT2D eigenvalue weighted by Crippen LogP contribution is 2.21. The molecule has 0 radical (unpaired) electrons. The second-order valence-electron chi connectivity index (χ2n) is 5.97. The van der Waals surface area contributed by atoms with E-state index in [1.54, 1.807) is 0 Å². The van der Waals surface area contributed by atoms with Crippen LogP contribution in [0.3, 0.4) is 0 Å². The molecular formula is C15H26N4. The summed E-state index contributed by atoms with van der Waals surface area (Å²) in [5.74, 6) is 1.08. The number of anilines is 1. The van der Waals surface area contributed by atoms with Crippen molar-refractivity contribution in [3.05, 3.63) is 12.4 Å². The number of nitrogens with zero attached hydrogens (tertiary/aromatic N) is 3. The second-order valence-corrected chi connectivity index (χ2v) is 5.97. The molecule has 1 saturated heterocycles. The maximum Gasteiger partial charge on any atom is 0.203 e. The molecule has 1 N–H and O–H groups in total. The lowest BCUT2D eigenvalue weighted by Crippen LogP contribution is -2.27. The molecule has 0 amide bonds. The van der Waals surface area contributed by atoms with Crippen molar-refractivity contribution in [2.24, 2.45) is 0 Å². The number of hydrogen-bond donors (Lipinski definition) is 1. The minimum atomic E-state index is 0.640.